The summed E-state index contributed by atoms with van der Waals surface area (Å²) in [5.41, 5.74) is 6.45. The number of piperazine rings is 1. The maximum absolute atomic E-state index is 13.2. The third kappa shape index (κ3) is 3.73. The Kier molecular flexibility index (Phi) is 5.03. The van der Waals surface area contributed by atoms with Crippen LogP contribution in [0.5, 0.6) is 0 Å². The minimum Gasteiger partial charge on any atom is -0.351 e. The van der Waals surface area contributed by atoms with E-state index in [0.717, 1.165) is 44.3 Å². The number of anilines is 1. The number of hydrazine groups is 1. The van der Waals surface area contributed by atoms with Crippen LogP contribution in [0.2, 0.25) is 0 Å². The molecule has 3 aromatic rings. The fourth-order valence-corrected chi connectivity index (χ4v) is 4.48. The molecule has 2 aliphatic heterocycles. The van der Waals surface area contributed by atoms with E-state index in [1.807, 2.05) is 6.07 Å². The first-order chi connectivity index (χ1) is 14.9. The molecule has 2 aliphatic rings. The average molecular weight is 432 g/mol. The van der Waals surface area contributed by atoms with E-state index in [-0.39, 0.29) is 6.04 Å². The smallest absolute Gasteiger partial charge is 0.351 e. The van der Waals surface area contributed by atoms with Crippen molar-refractivity contribution in [1.82, 2.24) is 35.5 Å². The van der Waals surface area contributed by atoms with Gasteiger partial charge in [-0.15, -0.1) is 0 Å². The number of imidazole rings is 1. The zero-order chi connectivity index (χ0) is 21.6. The van der Waals surface area contributed by atoms with Crippen LogP contribution in [0, 0.1) is 5.92 Å². The molecule has 2 fully saturated rings. The van der Waals surface area contributed by atoms with Crippen molar-refractivity contribution in [2.45, 2.75) is 25.2 Å². The topological polar surface area (TPSA) is 82.4 Å². The summed E-state index contributed by atoms with van der Waals surface area (Å²) in [5.74, 6) is 1.55. The lowest BCUT2D eigenvalue weighted by atomic mass is 9.92. The summed E-state index contributed by atoms with van der Waals surface area (Å²) < 4.78 is 40.9. The van der Waals surface area contributed by atoms with Crippen LogP contribution in [-0.2, 0) is 6.18 Å². The van der Waals surface area contributed by atoms with Crippen LogP contribution in [0.15, 0.2) is 36.8 Å². The summed E-state index contributed by atoms with van der Waals surface area (Å²) >= 11 is 0. The van der Waals surface area contributed by atoms with Gasteiger partial charge in [-0.3, -0.25) is 15.3 Å². The molecule has 0 unspecified atom stereocenters. The second kappa shape index (κ2) is 7.74. The van der Waals surface area contributed by atoms with Crippen LogP contribution in [-0.4, -0.2) is 57.6 Å². The van der Waals surface area contributed by atoms with Crippen LogP contribution >= 0.6 is 0 Å². The Balaban J connectivity index is 1.48. The number of aromatic nitrogens is 4. The third-order valence-corrected chi connectivity index (χ3v) is 6.10. The van der Waals surface area contributed by atoms with Gasteiger partial charge in [-0.1, -0.05) is 0 Å². The SMILES string of the molecule is C[C@H]1[C@H](C2CNNC2)NCCN1c1ccnc(-c2cnc3ccc(C(F)(F)F)cn23)n1. The van der Waals surface area contributed by atoms with Gasteiger partial charge in [0.2, 0.25) is 0 Å². The first kappa shape index (κ1) is 20.2. The van der Waals surface area contributed by atoms with Gasteiger partial charge in [-0.2, -0.15) is 13.2 Å². The summed E-state index contributed by atoms with van der Waals surface area (Å²) in [4.78, 5) is 15.5. The first-order valence-electron chi connectivity index (χ1n) is 10.3. The third-order valence-electron chi connectivity index (χ3n) is 6.10. The van der Waals surface area contributed by atoms with Crippen molar-refractivity contribution < 1.29 is 13.2 Å². The molecule has 0 amide bonds. The highest BCUT2D eigenvalue weighted by Crippen LogP contribution is 2.31. The molecule has 31 heavy (non-hydrogen) atoms. The number of nitrogens with one attached hydrogen (secondary N) is 3. The molecule has 0 aromatic carbocycles. The van der Waals surface area contributed by atoms with Gasteiger partial charge in [0.15, 0.2) is 5.82 Å². The van der Waals surface area contributed by atoms with Crippen LogP contribution in [0.4, 0.5) is 19.0 Å². The van der Waals surface area contributed by atoms with E-state index in [9.17, 15) is 13.2 Å². The molecule has 0 saturated carbocycles. The molecule has 2 saturated heterocycles. The maximum Gasteiger partial charge on any atom is 0.417 e. The highest BCUT2D eigenvalue weighted by atomic mass is 19.4. The van der Waals surface area contributed by atoms with Crippen molar-refractivity contribution in [3.8, 4) is 11.5 Å². The van der Waals surface area contributed by atoms with Gasteiger partial charge >= 0.3 is 6.18 Å². The molecule has 8 nitrogen and oxygen atoms in total. The van der Waals surface area contributed by atoms with Gasteiger partial charge in [0.1, 0.15) is 17.2 Å². The largest absolute Gasteiger partial charge is 0.417 e. The lowest BCUT2D eigenvalue weighted by Gasteiger charge is -2.43. The Morgan fingerprint density at radius 1 is 1.10 bits per heavy atom. The van der Waals surface area contributed by atoms with Crippen LogP contribution < -0.4 is 21.1 Å². The standard InChI is InChI=1S/C20H23F3N8/c1-12-18(13-8-27-28-9-13)24-6-7-30(12)17-4-5-25-19(29-17)15-10-26-16-3-2-14(11-31(15)16)20(21,22)23/h2-5,10-13,18,24,27-28H,6-9H2,1H3/t12-,18+/m0/s1. The van der Waals surface area contributed by atoms with E-state index >= 15 is 0 Å². The second-order valence-electron chi connectivity index (χ2n) is 7.96. The zero-order valence-electron chi connectivity index (χ0n) is 16.9. The molecule has 5 heterocycles. The Bertz CT molecular complexity index is 1080. The molecule has 164 valence electrons. The van der Waals surface area contributed by atoms with Gasteiger partial charge in [0, 0.05) is 56.6 Å². The van der Waals surface area contributed by atoms with Gasteiger partial charge in [-0.05, 0) is 25.1 Å². The Morgan fingerprint density at radius 3 is 2.68 bits per heavy atom. The van der Waals surface area contributed by atoms with Crippen molar-refractivity contribution in [1.29, 1.82) is 0 Å². The monoisotopic (exact) mass is 432 g/mol. The molecule has 5 rings (SSSR count). The van der Waals surface area contributed by atoms with E-state index in [0.29, 0.717) is 29.1 Å². The lowest BCUT2D eigenvalue weighted by molar-refractivity contribution is -0.137. The number of hydrogen-bond acceptors (Lipinski definition) is 7. The van der Waals surface area contributed by atoms with E-state index < -0.39 is 11.7 Å². The van der Waals surface area contributed by atoms with Crippen molar-refractivity contribution in [2.24, 2.45) is 5.92 Å². The summed E-state index contributed by atoms with van der Waals surface area (Å²) in [6, 6.07) is 4.71. The molecule has 3 N–H and O–H groups in total. The molecule has 3 aromatic heterocycles. The maximum atomic E-state index is 13.2. The van der Waals surface area contributed by atoms with Crippen molar-refractivity contribution in [3.63, 3.8) is 0 Å². The van der Waals surface area contributed by atoms with E-state index in [4.69, 9.17) is 4.98 Å². The summed E-state index contributed by atoms with van der Waals surface area (Å²) in [7, 11) is 0. The number of pyridine rings is 1. The number of alkyl halides is 3. The zero-order valence-corrected chi connectivity index (χ0v) is 16.9. The quantitative estimate of drug-likeness (QED) is 0.581. The van der Waals surface area contributed by atoms with Gasteiger partial charge in [-0.25, -0.2) is 15.0 Å². The van der Waals surface area contributed by atoms with E-state index in [2.05, 4.69) is 38.0 Å². The average Bonchev–Trinajstić information content (AvgIpc) is 3.43. The van der Waals surface area contributed by atoms with Crippen LogP contribution in [0.25, 0.3) is 17.2 Å². The minimum absolute atomic E-state index is 0.196. The predicted octanol–water partition coefficient (Wildman–Crippen LogP) is 1.70. The number of fused-ring (bicyclic) bond motifs is 1. The molecule has 0 spiro atoms. The summed E-state index contributed by atoms with van der Waals surface area (Å²) in [6.45, 7) is 5.58. The molecule has 0 bridgehead atoms. The number of halogens is 3. The highest BCUT2D eigenvalue weighted by molar-refractivity contribution is 5.59. The molecule has 2 atom stereocenters. The molecular weight excluding hydrogens is 409 g/mol. The predicted molar refractivity (Wildman–Crippen MR) is 109 cm³/mol. The van der Waals surface area contributed by atoms with Crippen LogP contribution in [0.3, 0.4) is 0 Å². The Hall–Kier alpha value is -2.76. The first-order valence-corrected chi connectivity index (χ1v) is 10.3. The molecule has 0 aliphatic carbocycles. The fourth-order valence-electron chi connectivity index (χ4n) is 4.48. The molecular formula is C20H23F3N8. The van der Waals surface area contributed by atoms with Gasteiger partial charge in [0.05, 0.1) is 11.8 Å². The van der Waals surface area contributed by atoms with Crippen molar-refractivity contribution >= 4 is 11.5 Å². The van der Waals surface area contributed by atoms with Crippen molar-refractivity contribution in [3.05, 3.63) is 42.4 Å². The van der Waals surface area contributed by atoms with Gasteiger partial charge < -0.3 is 10.2 Å². The number of nitrogens with zero attached hydrogens (tertiary/aromatic N) is 5. The Morgan fingerprint density at radius 2 is 1.90 bits per heavy atom. The number of hydrogen-bond donors (Lipinski definition) is 3. The fraction of sp³-hybridized carbons (Fsp3) is 0.450. The molecule has 11 heteroatoms. The van der Waals surface area contributed by atoms with Crippen LogP contribution in [0.1, 0.15) is 12.5 Å². The summed E-state index contributed by atoms with van der Waals surface area (Å²) in [6.07, 6.45) is -0.244. The van der Waals surface area contributed by atoms with Crippen molar-refractivity contribution in [2.75, 3.05) is 31.1 Å². The normalized spacial score (nSPS) is 23.0. The number of rotatable bonds is 3. The molecule has 0 radical (unpaired) electrons. The second-order valence-corrected chi connectivity index (χ2v) is 7.96. The Labute approximate surface area is 176 Å². The van der Waals surface area contributed by atoms with E-state index in [1.54, 1.807) is 6.20 Å². The summed E-state index contributed by atoms with van der Waals surface area (Å²) in [5, 5.41) is 3.61. The highest BCUT2D eigenvalue weighted by Gasteiger charge is 2.35. The van der Waals surface area contributed by atoms with Gasteiger partial charge in [0.25, 0.3) is 0 Å². The van der Waals surface area contributed by atoms with E-state index in [1.165, 1.54) is 16.7 Å². The lowest BCUT2D eigenvalue weighted by Crippen LogP contribution is -2.60. The minimum atomic E-state index is -4.44.